The van der Waals surface area contributed by atoms with Gasteiger partial charge in [-0.05, 0) is 36.6 Å². The van der Waals surface area contributed by atoms with Crippen molar-refractivity contribution in [2.24, 2.45) is 5.10 Å². The van der Waals surface area contributed by atoms with Crippen molar-refractivity contribution >= 4 is 21.6 Å². The number of halogens is 1. The second kappa shape index (κ2) is 5.35. The first kappa shape index (κ1) is 14.5. The first-order chi connectivity index (χ1) is 11.8. The highest BCUT2D eigenvalue weighted by Crippen LogP contribution is 2.52. The molecule has 1 aliphatic carbocycles. The monoisotopic (exact) mass is 382 g/mol. The summed E-state index contributed by atoms with van der Waals surface area (Å²) >= 11 is 3.61. The van der Waals surface area contributed by atoms with Crippen LogP contribution < -0.4 is 4.74 Å². The van der Waals surface area contributed by atoms with Crippen molar-refractivity contribution in [3.63, 3.8) is 0 Å². The molecule has 4 heteroatoms. The number of hydrogen-bond acceptors (Lipinski definition) is 3. The number of nitrogens with zero attached hydrogens (tertiary/aromatic N) is 2. The van der Waals surface area contributed by atoms with Crippen molar-refractivity contribution in [1.82, 2.24) is 5.01 Å². The topological polar surface area (TPSA) is 24.8 Å². The lowest BCUT2D eigenvalue weighted by Gasteiger charge is -2.45. The Kier molecular flexibility index (Phi) is 3.24. The van der Waals surface area contributed by atoms with E-state index in [9.17, 15) is 0 Å². The molecule has 1 unspecified atom stereocenters. The first-order valence-electron chi connectivity index (χ1n) is 8.66. The van der Waals surface area contributed by atoms with Crippen molar-refractivity contribution in [1.29, 1.82) is 0 Å². The molecule has 2 aromatic carbocycles. The van der Waals surface area contributed by atoms with Gasteiger partial charge >= 0.3 is 0 Å². The van der Waals surface area contributed by atoms with E-state index in [2.05, 4.69) is 69.5 Å². The molecule has 24 heavy (non-hydrogen) atoms. The summed E-state index contributed by atoms with van der Waals surface area (Å²) in [6, 6.07) is 17.2. The van der Waals surface area contributed by atoms with E-state index in [0.717, 1.165) is 29.5 Å². The fourth-order valence-electron chi connectivity index (χ4n) is 4.32. The van der Waals surface area contributed by atoms with E-state index in [4.69, 9.17) is 9.84 Å². The Morgan fingerprint density at radius 2 is 1.88 bits per heavy atom. The van der Waals surface area contributed by atoms with E-state index in [-0.39, 0.29) is 11.8 Å². The number of fused-ring (bicyclic) bond motifs is 4. The maximum absolute atomic E-state index is 6.53. The van der Waals surface area contributed by atoms with Gasteiger partial charge in [-0.2, -0.15) is 5.10 Å². The third-order valence-corrected chi connectivity index (χ3v) is 5.94. The van der Waals surface area contributed by atoms with E-state index in [1.807, 2.05) is 0 Å². The highest BCUT2D eigenvalue weighted by molar-refractivity contribution is 9.10. The molecule has 0 amide bonds. The second-order valence-corrected chi connectivity index (χ2v) is 7.83. The Hall–Kier alpha value is -1.81. The van der Waals surface area contributed by atoms with Gasteiger partial charge in [0.05, 0.1) is 11.8 Å². The molecule has 1 fully saturated rings. The van der Waals surface area contributed by atoms with Crippen LogP contribution in [0, 0.1) is 0 Å². The summed E-state index contributed by atoms with van der Waals surface area (Å²) in [5.41, 5.74) is 3.39. The summed E-state index contributed by atoms with van der Waals surface area (Å²) in [6.45, 7) is 0. The Labute approximate surface area is 150 Å². The minimum Gasteiger partial charge on any atom is -0.466 e. The maximum atomic E-state index is 6.53. The van der Waals surface area contributed by atoms with E-state index >= 15 is 0 Å². The van der Waals surface area contributed by atoms with Gasteiger partial charge in [0.2, 0.25) is 0 Å². The molecule has 1 spiro atoms. The lowest BCUT2D eigenvalue weighted by Crippen LogP contribution is -2.51. The minimum atomic E-state index is -0.248. The third-order valence-electron chi connectivity index (χ3n) is 5.45. The van der Waals surface area contributed by atoms with Crippen LogP contribution in [0.3, 0.4) is 0 Å². The van der Waals surface area contributed by atoms with Crippen LogP contribution >= 0.6 is 15.9 Å². The summed E-state index contributed by atoms with van der Waals surface area (Å²) in [6.07, 6.45) is 5.49. The highest BCUT2D eigenvalue weighted by atomic mass is 79.9. The molecule has 5 rings (SSSR count). The van der Waals surface area contributed by atoms with Crippen LogP contribution in [0.2, 0.25) is 0 Å². The van der Waals surface area contributed by atoms with Crippen LogP contribution in [0.1, 0.15) is 49.3 Å². The van der Waals surface area contributed by atoms with E-state index < -0.39 is 0 Å². The fraction of sp³-hybridized carbons (Fsp3) is 0.350. The van der Waals surface area contributed by atoms with Crippen molar-refractivity contribution in [2.45, 2.75) is 43.9 Å². The van der Waals surface area contributed by atoms with Gasteiger partial charge in [-0.25, -0.2) is 5.01 Å². The van der Waals surface area contributed by atoms with Crippen LogP contribution in [0.4, 0.5) is 0 Å². The van der Waals surface area contributed by atoms with Crippen molar-refractivity contribution in [3.05, 3.63) is 64.1 Å². The Morgan fingerprint density at radius 3 is 2.67 bits per heavy atom. The smallest absolute Gasteiger partial charge is 0.198 e. The number of benzene rings is 2. The largest absolute Gasteiger partial charge is 0.466 e. The van der Waals surface area contributed by atoms with Gasteiger partial charge in [0.15, 0.2) is 5.72 Å². The molecular weight excluding hydrogens is 364 g/mol. The number of hydrogen-bond donors (Lipinski definition) is 0. The normalized spacial score (nSPS) is 23.6. The van der Waals surface area contributed by atoms with Gasteiger partial charge < -0.3 is 4.74 Å². The molecule has 3 nitrogen and oxygen atoms in total. The number of ether oxygens (including phenoxy) is 1. The van der Waals surface area contributed by atoms with Crippen molar-refractivity contribution in [2.75, 3.05) is 0 Å². The fourth-order valence-corrected chi connectivity index (χ4v) is 4.69. The summed E-state index contributed by atoms with van der Waals surface area (Å²) in [5, 5.41) is 7.33. The molecule has 2 aromatic rings. The zero-order valence-electron chi connectivity index (χ0n) is 13.4. The average Bonchev–Trinajstić information content (AvgIpc) is 3.25. The summed E-state index contributed by atoms with van der Waals surface area (Å²) in [5.74, 6) is 1.03. The average molecular weight is 383 g/mol. The number of hydrazone groups is 1. The van der Waals surface area contributed by atoms with Crippen LogP contribution in [0.15, 0.2) is 58.1 Å². The SMILES string of the molecule is Brc1ccc2c(c1)C1CC(c3ccccc3)=NN1C1(CCCC1)O2. The molecule has 0 bridgehead atoms. The molecule has 1 saturated carbocycles. The van der Waals surface area contributed by atoms with Crippen molar-refractivity contribution in [3.8, 4) is 5.75 Å². The summed E-state index contributed by atoms with van der Waals surface area (Å²) < 4.78 is 7.63. The summed E-state index contributed by atoms with van der Waals surface area (Å²) in [4.78, 5) is 0. The lowest BCUT2D eigenvalue weighted by atomic mass is 9.94. The molecule has 2 heterocycles. The van der Waals surface area contributed by atoms with Gasteiger partial charge in [0, 0.05) is 29.3 Å². The lowest BCUT2D eigenvalue weighted by molar-refractivity contribution is -0.114. The molecule has 122 valence electrons. The van der Waals surface area contributed by atoms with E-state index in [1.165, 1.54) is 29.7 Å². The van der Waals surface area contributed by atoms with E-state index in [0.29, 0.717) is 0 Å². The third kappa shape index (κ3) is 2.12. The molecule has 3 aliphatic rings. The standard InChI is InChI=1S/C20H19BrN2O/c21-15-8-9-19-16(12-15)18-13-17(14-6-2-1-3-7-14)22-23(18)20(24-19)10-4-5-11-20/h1-3,6-9,12,18H,4-5,10-11,13H2. The predicted molar refractivity (Wildman–Crippen MR) is 98.1 cm³/mol. The number of rotatable bonds is 1. The molecular formula is C20H19BrN2O. The highest BCUT2D eigenvalue weighted by Gasteiger charge is 2.51. The first-order valence-corrected chi connectivity index (χ1v) is 9.45. The van der Waals surface area contributed by atoms with Gasteiger partial charge in [-0.3, -0.25) is 0 Å². The van der Waals surface area contributed by atoms with Gasteiger partial charge in [0.25, 0.3) is 0 Å². The van der Waals surface area contributed by atoms with Gasteiger partial charge in [0.1, 0.15) is 5.75 Å². The molecule has 0 N–H and O–H groups in total. The van der Waals surface area contributed by atoms with Crippen LogP contribution in [0.5, 0.6) is 5.75 Å². The molecule has 0 radical (unpaired) electrons. The van der Waals surface area contributed by atoms with Gasteiger partial charge in [-0.1, -0.05) is 46.3 Å². The Bertz CT molecular complexity index is 812. The van der Waals surface area contributed by atoms with Crippen LogP contribution in [-0.4, -0.2) is 16.4 Å². The molecule has 2 aliphatic heterocycles. The minimum absolute atomic E-state index is 0.248. The molecule has 1 atom stereocenters. The van der Waals surface area contributed by atoms with Crippen LogP contribution in [-0.2, 0) is 0 Å². The Morgan fingerprint density at radius 1 is 1.08 bits per heavy atom. The molecule has 0 saturated heterocycles. The second-order valence-electron chi connectivity index (χ2n) is 6.91. The van der Waals surface area contributed by atoms with E-state index in [1.54, 1.807) is 0 Å². The quantitative estimate of drug-likeness (QED) is 0.671. The predicted octanol–water partition coefficient (Wildman–Crippen LogP) is 5.26. The Balaban J connectivity index is 1.62. The van der Waals surface area contributed by atoms with Crippen molar-refractivity contribution < 1.29 is 4.74 Å². The summed E-state index contributed by atoms with van der Waals surface area (Å²) in [7, 11) is 0. The molecule has 0 aromatic heterocycles. The zero-order valence-corrected chi connectivity index (χ0v) is 15.0. The zero-order chi connectivity index (χ0) is 16.1. The maximum Gasteiger partial charge on any atom is 0.198 e. The van der Waals surface area contributed by atoms with Crippen LogP contribution in [0.25, 0.3) is 0 Å². The van der Waals surface area contributed by atoms with Gasteiger partial charge in [-0.15, -0.1) is 0 Å².